The first-order valence-corrected chi connectivity index (χ1v) is 10.5. The zero-order valence-electron chi connectivity index (χ0n) is 15.5. The van der Waals surface area contributed by atoms with E-state index < -0.39 is 0 Å². The molecule has 0 radical (unpaired) electrons. The fraction of sp³-hybridized carbons (Fsp3) is 0.579. The number of anilines is 1. The average Bonchev–Trinajstić information content (AvgIpc) is 3.26. The van der Waals surface area contributed by atoms with E-state index in [2.05, 4.69) is 34.9 Å². The number of rotatable bonds is 5. The van der Waals surface area contributed by atoms with Crippen molar-refractivity contribution < 1.29 is 4.79 Å². The summed E-state index contributed by atoms with van der Waals surface area (Å²) in [5, 5.41) is 7.51. The highest BCUT2D eigenvalue weighted by molar-refractivity contribution is 14.0. The first kappa shape index (κ1) is 21.3. The highest BCUT2D eigenvalue weighted by Gasteiger charge is 2.26. The standard InChI is InChI=1S/C19H28N4OS.HI/c1-3-20-19(22-15-8-9-16(12-15)25-2)21-13-18(24)23-11-10-14-6-4-5-7-17(14)23;/h4-7,15-16H,3,8-13H2,1-2H3,(H2,20,21,22);1H. The summed E-state index contributed by atoms with van der Waals surface area (Å²) in [5.41, 5.74) is 2.29. The fourth-order valence-corrected chi connectivity index (χ4v) is 4.42. The number of hydrogen-bond donors (Lipinski definition) is 2. The van der Waals surface area contributed by atoms with Crippen molar-refractivity contribution >= 4 is 53.3 Å². The molecular weight excluding hydrogens is 459 g/mol. The predicted molar refractivity (Wildman–Crippen MR) is 122 cm³/mol. The number of nitrogens with one attached hydrogen (secondary N) is 2. The van der Waals surface area contributed by atoms with E-state index in [0.717, 1.165) is 36.4 Å². The molecule has 3 rings (SSSR count). The molecule has 1 aliphatic heterocycles. The van der Waals surface area contributed by atoms with Crippen LogP contribution in [0.15, 0.2) is 29.3 Å². The molecule has 2 unspecified atom stereocenters. The molecular formula is C19H29IN4OS. The third-order valence-electron chi connectivity index (χ3n) is 4.96. The van der Waals surface area contributed by atoms with E-state index in [-0.39, 0.29) is 36.4 Å². The minimum Gasteiger partial charge on any atom is -0.357 e. The van der Waals surface area contributed by atoms with Gasteiger partial charge in [0.2, 0.25) is 5.91 Å². The Morgan fingerprint density at radius 1 is 1.35 bits per heavy atom. The Bertz CT molecular complexity index is 640. The molecule has 7 heteroatoms. The van der Waals surface area contributed by atoms with Crippen molar-refractivity contribution in [2.75, 3.05) is 30.8 Å². The van der Waals surface area contributed by atoms with Gasteiger partial charge in [0.25, 0.3) is 0 Å². The van der Waals surface area contributed by atoms with Crippen molar-refractivity contribution in [3.63, 3.8) is 0 Å². The van der Waals surface area contributed by atoms with Gasteiger partial charge in [-0.1, -0.05) is 18.2 Å². The quantitative estimate of drug-likeness (QED) is 0.380. The van der Waals surface area contributed by atoms with E-state index in [1.54, 1.807) is 0 Å². The summed E-state index contributed by atoms with van der Waals surface area (Å²) in [6.45, 7) is 3.79. The highest BCUT2D eigenvalue weighted by atomic mass is 127. The Morgan fingerprint density at radius 3 is 2.88 bits per heavy atom. The van der Waals surface area contributed by atoms with Crippen molar-refractivity contribution in [1.29, 1.82) is 0 Å². The molecule has 1 aromatic carbocycles. The molecule has 2 aliphatic rings. The number of hydrogen-bond acceptors (Lipinski definition) is 3. The van der Waals surface area contributed by atoms with Gasteiger partial charge in [-0.2, -0.15) is 11.8 Å². The molecule has 1 heterocycles. The number of carbonyl (C=O) groups excluding carboxylic acids is 1. The zero-order valence-corrected chi connectivity index (χ0v) is 18.7. The van der Waals surface area contributed by atoms with Crippen LogP contribution in [0.1, 0.15) is 31.7 Å². The van der Waals surface area contributed by atoms with Gasteiger partial charge in [-0.25, -0.2) is 4.99 Å². The summed E-state index contributed by atoms with van der Waals surface area (Å²) in [7, 11) is 0. The lowest BCUT2D eigenvalue weighted by Crippen LogP contribution is -2.43. The molecule has 144 valence electrons. The summed E-state index contributed by atoms with van der Waals surface area (Å²) in [6, 6.07) is 8.59. The first-order valence-electron chi connectivity index (χ1n) is 9.17. The van der Waals surface area contributed by atoms with Crippen LogP contribution in [0.5, 0.6) is 0 Å². The Hall–Kier alpha value is -0.960. The van der Waals surface area contributed by atoms with Crippen molar-refractivity contribution in [3.05, 3.63) is 29.8 Å². The molecule has 2 atom stereocenters. The van der Waals surface area contributed by atoms with Crippen molar-refractivity contribution in [3.8, 4) is 0 Å². The Morgan fingerprint density at radius 2 is 2.15 bits per heavy atom. The predicted octanol–water partition coefficient (Wildman–Crippen LogP) is 3.03. The van der Waals surface area contributed by atoms with Gasteiger partial charge in [0.1, 0.15) is 6.54 Å². The molecule has 0 aromatic heterocycles. The number of halogens is 1. The van der Waals surface area contributed by atoms with E-state index in [1.165, 1.54) is 24.8 Å². The van der Waals surface area contributed by atoms with Gasteiger partial charge in [0.05, 0.1) is 0 Å². The summed E-state index contributed by atoms with van der Waals surface area (Å²) in [5.74, 6) is 0.825. The molecule has 1 amide bonds. The van der Waals surface area contributed by atoms with Crippen molar-refractivity contribution in [1.82, 2.24) is 10.6 Å². The van der Waals surface area contributed by atoms with Crippen LogP contribution in [0.4, 0.5) is 5.69 Å². The Labute approximate surface area is 177 Å². The number of guanidine groups is 1. The molecule has 1 aromatic rings. The van der Waals surface area contributed by atoms with Crippen LogP contribution in [-0.2, 0) is 11.2 Å². The van der Waals surface area contributed by atoms with Crippen LogP contribution in [0.2, 0.25) is 0 Å². The molecule has 1 fully saturated rings. The van der Waals surface area contributed by atoms with Crippen LogP contribution in [0.3, 0.4) is 0 Å². The second-order valence-electron chi connectivity index (χ2n) is 6.63. The van der Waals surface area contributed by atoms with Crippen molar-refractivity contribution in [2.24, 2.45) is 4.99 Å². The number of amides is 1. The van der Waals surface area contributed by atoms with Gasteiger partial charge >= 0.3 is 0 Å². The molecule has 0 saturated heterocycles. The number of para-hydroxylation sites is 1. The fourth-order valence-electron chi connectivity index (χ4n) is 3.63. The van der Waals surface area contributed by atoms with Crippen LogP contribution in [0.25, 0.3) is 0 Å². The molecule has 2 N–H and O–H groups in total. The molecule has 5 nitrogen and oxygen atoms in total. The lowest BCUT2D eigenvalue weighted by Gasteiger charge is -2.19. The smallest absolute Gasteiger partial charge is 0.248 e. The SMILES string of the molecule is CCNC(=NCC(=O)N1CCc2ccccc21)NC1CCC(SC)C1.I. The molecule has 0 spiro atoms. The van der Waals surface area contributed by atoms with Gasteiger partial charge in [0.15, 0.2) is 5.96 Å². The highest BCUT2D eigenvalue weighted by Crippen LogP contribution is 2.28. The van der Waals surface area contributed by atoms with Gasteiger partial charge in [-0.05, 0) is 50.5 Å². The van der Waals surface area contributed by atoms with Gasteiger partial charge in [0, 0.05) is 30.1 Å². The van der Waals surface area contributed by atoms with Gasteiger partial charge in [-0.3, -0.25) is 4.79 Å². The van der Waals surface area contributed by atoms with E-state index in [4.69, 9.17) is 0 Å². The number of nitrogens with zero attached hydrogens (tertiary/aromatic N) is 2. The summed E-state index contributed by atoms with van der Waals surface area (Å²) < 4.78 is 0. The lowest BCUT2D eigenvalue weighted by atomic mass is 10.2. The molecule has 0 bridgehead atoms. The normalized spacial score (nSPS) is 21.9. The second kappa shape index (κ2) is 10.4. The van der Waals surface area contributed by atoms with Crippen LogP contribution in [-0.4, -0.2) is 49.0 Å². The van der Waals surface area contributed by atoms with Crippen LogP contribution < -0.4 is 15.5 Å². The number of fused-ring (bicyclic) bond motifs is 1. The number of thioether (sulfide) groups is 1. The molecule has 1 aliphatic carbocycles. The van der Waals surface area contributed by atoms with Crippen LogP contribution >= 0.6 is 35.7 Å². The minimum absolute atomic E-state index is 0. The Balaban J connectivity index is 0.00000243. The summed E-state index contributed by atoms with van der Waals surface area (Å²) in [6.07, 6.45) is 6.70. The maximum Gasteiger partial charge on any atom is 0.248 e. The number of benzene rings is 1. The van der Waals surface area contributed by atoms with Gasteiger partial charge in [-0.15, -0.1) is 24.0 Å². The van der Waals surface area contributed by atoms with E-state index in [1.807, 2.05) is 34.9 Å². The molecule has 1 saturated carbocycles. The number of carbonyl (C=O) groups is 1. The topological polar surface area (TPSA) is 56.7 Å². The maximum atomic E-state index is 12.6. The van der Waals surface area contributed by atoms with Gasteiger partial charge < -0.3 is 15.5 Å². The average molecular weight is 488 g/mol. The monoisotopic (exact) mass is 488 g/mol. The van der Waals surface area contributed by atoms with Crippen LogP contribution in [0, 0.1) is 0 Å². The zero-order chi connectivity index (χ0) is 17.6. The summed E-state index contributed by atoms with van der Waals surface area (Å²) >= 11 is 1.94. The van der Waals surface area contributed by atoms with Crippen molar-refractivity contribution in [2.45, 2.75) is 43.9 Å². The maximum absolute atomic E-state index is 12.6. The lowest BCUT2D eigenvalue weighted by molar-refractivity contribution is -0.117. The first-order chi connectivity index (χ1) is 12.2. The van der Waals surface area contributed by atoms with E-state index in [0.29, 0.717) is 6.04 Å². The largest absolute Gasteiger partial charge is 0.357 e. The number of aliphatic imine (C=N–C) groups is 1. The minimum atomic E-state index is 0. The third-order valence-corrected chi connectivity index (χ3v) is 6.06. The van der Waals surface area contributed by atoms with E-state index >= 15 is 0 Å². The Kier molecular flexibility index (Phi) is 8.53. The third kappa shape index (κ3) is 5.28. The second-order valence-corrected chi connectivity index (χ2v) is 7.77. The summed E-state index contributed by atoms with van der Waals surface area (Å²) in [4.78, 5) is 19.0. The van der Waals surface area contributed by atoms with E-state index in [9.17, 15) is 4.79 Å². The molecule has 26 heavy (non-hydrogen) atoms.